The van der Waals surface area contributed by atoms with Gasteiger partial charge in [0.2, 0.25) is 0 Å². The van der Waals surface area contributed by atoms with Gasteiger partial charge in [-0.25, -0.2) is 0 Å². The van der Waals surface area contributed by atoms with Gasteiger partial charge < -0.3 is 19.8 Å². The van der Waals surface area contributed by atoms with Crippen molar-refractivity contribution in [1.29, 1.82) is 0 Å². The number of amides is 1. The van der Waals surface area contributed by atoms with E-state index in [1.807, 2.05) is 54.3 Å². The van der Waals surface area contributed by atoms with E-state index in [9.17, 15) is 15.0 Å². The maximum absolute atomic E-state index is 13.1. The fourth-order valence-corrected chi connectivity index (χ4v) is 6.07. The van der Waals surface area contributed by atoms with Gasteiger partial charge in [0, 0.05) is 36.7 Å². The second-order valence-electron chi connectivity index (χ2n) is 10.1. The molecule has 2 heterocycles. The van der Waals surface area contributed by atoms with Gasteiger partial charge in [-0.15, -0.1) is 0 Å². The van der Waals surface area contributed by atoms with Crippen LogP contribution in [0.15, 0.2) is 59.8 Å². The Morgan fingerprint density at radius 3 is 2.40 bits per heavy atom. The zero-order valence-electron chi connectivity index (χ0n) is 20.0. The van der Waals surface area contributed by atoms with Gasteiger partial charge in [0.25, 0.3) is 5.91 Å². The number of para-hydroxylation sites is 1. The van der Waals surface area contributed by atoms with Crippen LogP contribution in [0.25, 0.3) is 11.0 Å². The summed E-state index contributed by atoms with van der Waals surface area (Å²) in [5.41, 5.74) is 1.91. The number of fused-ring (bicyclic) bond motifs is 1. The molecule has 0 unspecified atom stereocenters. The van der Waals surface area contributed by atoms with Crippen molar-refractivity contribution in [3.05, 3.63) is 60.4 Å². The van der Waals surface area contributed by atoms with Gasteiger partial charge in [-0.3, -0.25) is 14.8 Å². The van der Waals surface area contributed by atoms with Crippen LogP contribution in [0.5, 0.6) is 0 Å². The first kappa shape index (κ1) is 24.0. The molecule has 1 aromatic heterocycles. The average Bonchev–Trinajstić information content (AvgIpc) is 2.87. The minimum Gasteiger partial charge on any atom is -0.390 e. The number of anilines is 1. The van der Waals surface area contributed by atoms with Gasteiger partial charge in [-0.2, -0.15) is 0 Å². The monoisotopic (exact) mass is 492 g/mol. The average molecular weight is 493 g/mol. The molecule has 0 atom stereocenters. The molecule has 1 amide bonds. The van der Waals surface area contributed by atoms with Crippen molar-refractivity contribution in [2.75, 3.05) is 17.8 Å². The molecule has 7 nitrogen and oxygen atoms in total. The van der Waals surface area contributed by atoms with Crippen molar-refractivity contribution in [1.82, 2.24) is 14.9 Å². The molecule has 3 aromatic rings. The molecule has 3 N–H and O–H groups in total. The van der Waals surface area contributed by atoms with Crippen LogP contribution in [0, 0.1) is 5.92 Å². The molecular weight excluding hydrogens is 460 g/mol. The zero-order valence-corrected chi connectivity index (χ0v) is 20.8. The number of carbonyl (C=O) groups is 1. The smallest absolute Gasteiger partial charge is 0.253 e. The predicted molar refractivity (Wildman–Crippen MR) is 138 cm³/mol. The molecule has 1 saturated carbocycles. The number of hydrogen-bond acceptors (Lipinski definition) is 7. The van der Waals surface area contributed by atoms with E-state index in [1.165, 1.54) is 11.9 Å². The molecule has 1 aliphatic heterocycles. The molecule has 1 aliphatic carbocycles. The third-order valence-corrected chi connectivity index (χ3v) is 8.50. The number of carbonyl (C=O) groups excluding carboxylic acids is 1. The van der Waals surface area contributed by atoms with Crippen LogP contribution in [0.4, 0.5) is 5.69 Å². The fraction of sp³-hybridized carbons (Fsp3) is 0.444. The van der Waals surface area contributed by atoms with Crippen molar-refractivity contribution >= 4 is 34.6 Å². The molecule has 0 spiro atoms. The second kappa shape index (κ2) is 9.76. The molecule has 2 fully saturated rings. The van der Waals surface area contributed by atoms with Crippen molar-refractivity contribution in [3.63, 3.8) is 0 Å². The number of likely N-dealkylation sites (tertiary alicyclic amines) is 1. The van der Waals surface area contributed by atoms with Crippen molar-refractivity contribution in [2.24, 2.45) is 5.92 Å². The highest BCUT2D eigenvalue weighted by atomic mass is 32.2. The number of benzene rings is 2. The Hall–Kier alpha value is -2.68. The van der Waals surface area contributed by atoms with Crippen molar-refractivity contribution < 1.29 is 15.0 Å². The molecule has 5 rings (SSSR count). The summed E-state index contributed by atoms with van der Waals surface area (Å²) in [5, 5.41) is 21.5. The van der Waals surface area contributed by atoms with Crippen LogP contribution in [-0.4, -0.2) is 55.3 Å². The number of nitrogens with zero attached hydrogens (tertiary/aromatic N) is 3. The lowest BCUT2D eigenvalue weighted by atomic mass is 9.69. The van der Waals surface area contributed by atoms with Gasteiger partial charge in [0.1, 0.15) is 5.52 Å². The number of aromatic nitrogens is 2. The van der Waals surface area contributed by atoms with E-state index in [0.29, 0.717) is 31.5 Å². The predicted octanol–water partition coefficient (Wildman–Crippen LogP) is 4.66. The SMILES string of the molecule is CC1(O)CCC(C2(O)CCN(C(=O)c3ccc(NSc4cccc5nccnc45)cc3)CC2)CC1. The molecule has 0 bridgehead atoms. The van der Waals surface area contributed by atoms with E-state index >= 15 is 0 Å². The largest absolute Gasteiger partial charge is 0.390 e. The van der Waals surface area contributed by atoms with E-state index in [-0.39, 0.29) is 11.8 Å². The highest BCUT2D eigenvalue weighted by molar-refractivity contribution is 8.00. The van der Waals surface area contributed by atoms with Gasteiger partial charge >= 0.3 is 0 Å². The molecule has 2 aromatic carbocycles. The summed E-state index contributed by atoms with van der Waals surface area (Å²) >= 11 is 1.47. The first-order chi connectivity index (χ1) is 16.8. The summed E-state index contributed by atoms with van der Waals surface area (Å²) in [6.07, 6.45) is 7.71. The summed E-state index contributed by atoms with van der Waals surface area (Å²) in [7, 11) is 0. The minimum atomic E-state index is -0.732. The normalized spacial score (nSPS) is 24.3. The van der Waals surface area contributed by atoms with Crippen LogP contribution < -0.4 is 4.72 Å². The lowest BCUT2D eigenvalue weighted by molar-refractivity contribution is -0.0954. The lowest BCUT2D eigenvalue weighted by Gasteiger charge is -2.46. The summed E-state index contributed by atoms with van der Waals surface area (Å²) in [5.74, 6) is 0.206. The lowest BCUT2D eigenvalue weighted by Crippen LogP contribution is -2.52. The van der Waals surface area contributed by atoms with E-state index in [0.717, 1.165) is 47.3 Å². The number of hydrogen-bond donors (Lipinski definition) is 3. The Bertz CT molecular complexity index is 1180. The number of nitrogens with one attached hydrogen (secondary N) is 1. The zero-order chi connectivity index (χ0) is 24.5. The summed E-state index contributed by atoms with van der Waals surface area (Å²) in [6.45, 7) is 2.99. The Morgan fingerprint density at radius 1 is 1.00 bits per heavy atom. The Labute approximate surface area is 210 Å². The summed E-state index contributed by atoms with van der Waals surface area (Å²) in [4.78, 5) is 24.7. The maximum Gasteiger partial charge on any atom is 0.253 e. The number of aliphatic hydroxyl groups is 2. The van der Waals surface area contributed by atoms with Crippen LogP contribution in [0.2, 0.25) is 0 Å². The molecule has 184 valence electrons. The maximum atomic E-state index is 13.1. The molecule has 35 heavy (non-hydrogen) atoms. The van der Waals surface area contributed by atoms with E-state index in [2.05, 4.69) is 14.7 Å². The standard InChI is InChI=1S/C27H32N4O3S/c1-26(33)11-9-20(10-12-26)27(34)13-17-31(18-14-27)25(32)19-5-7-21(8-6-19)30-35-23-4-2-3-22-24(23)29-16-15-28-22/h2-8,15-16,20,30,33-34H,9-14,17-18H2,1H3. The third kappa shape index (κ3) is 5.29. The number of rotatable bonds is 5. The van der Waals surface area contributed by atoms with E-state index < -0.39 is 11.2 Å². The van der Waals surface area contributed by atoms with Gasteiger partial charge in [-0.05, 0) is 99.7 Å². The van der Waals surface area contributed by atoms with Crippen LogP contribution in [-0.2, 0) is 0 Å². The first-order valence-electron chi connectivity index (χ1n) is 12.3. The molecular formula is C27H32N4O3S. The van der Waals surface area contributed by atoms with Crippen LogP contribution in [0.1, 0.15) is 55.8 Å². The Morgan fingerprint density at radius 2 is 1.69 bits per heavy atom. The highest BCUT2D eigenvalue weighted by Crippen LogP contribution is 2.42. The number of piperidine rings is 1. The Balaban J connectivity index is 1.16. The quantitative estimate of drug-likeness (QED) is 0.446. The van der Waals surface area contributed by atoms with Gasteiger partial charge in [0.15, 0.2) is 0 Å². The van der Waals surface area contributed by atoms with Crippen molar-refractivity contribution in [2.45, 2.75) is 61.5 Å². The third-order valence-electron chi connectivity index (χ3n) is 7.61. The minimum absolute atomic E-state index is 0.00200. The summed E-state index contributed by atoms with van der Waals surface area (Å²) < 4.78 is 3.32. The highest BCUT2D eigenvalue weighted by Gasteiger charge is 2.43. The summed E-state index contributed by atoms with van der Waals surface area (Å²) in [6, 6.07) is 13.4. The molecule has 8 heteroatoms. The molecule has 0 radical (unpaired) electrons. The Kier molecular flexibility index (Phi) is 6.70. The second-order valence-corrected chi connectivity index (χ2v) is 11.0. The van der Waals surface area contributed by atoms with Crippen molar-refractivity contribution in [3.8, 4) is 0 Å². The van der Waals surface area contributed by atoms with E-state index in [1.54, 1.807) is 12.4 Å². The van der Waals surface area contributed by atoms with Crippen LogP contribution >= 0.6 is 11.9 Å². The van der Waals surface area contributed by atoms with E-state index in [4.69, 9.17) is 0 Å². The van der Waals surface area contributed by atoms with Crippen LogP contribution in [0.3, 0.4) is 0 Å². The van der Waals surface area contributed by atoms with Gasteiger partial charge in [0.05, 0.1) is 21.6 Å². The molecule has 1 saturated heterocycles. The topological polar surface area (TPSA) is 98.6 Å². The first-order valence-corrected chi connectivity index (χ1v) is 13.1. The molecule has 2 aliphatic rings. The fourth-order valence-electron chi connectivity index (χ4n) is 5.31. The van der Waals surface area contributed by atoms with Gasteiger partial charge in [-0.1, -0.05) is 6.07 Å².